The Hall–Kier alpha value is -3.73. The lowest BCUT2D eigenvalue weighted by Crippen LogP contribution is -2.53. The fourth-order valence-electron chi connectivity index (χ4n) is 4.04. The molecule has 11 heteroatoms. The van der Waals surface area contributed by atoms with E-state index >= 15 is 0 Å². The first kappa shape index (κ1) is 26.9. The van der Waals surface area contributed by atoms with Crippen LogP contribution >= 0.6 is 11.8 Å². The number of nitrogens with one attached hydrogen (secondary N) is 3. The predicted molar refractivity (Wildman–Crippen MR) is 139 cm³/mol. The summed E-state index contributed by atoms with van der Waals surface area (Å²) in [4.78, 5) is 52.0. The largest absolute Gasteiger partial charge is 0.497 e. The summed E-state index contributed by atoms with van der Waals surface area (Å²) in [6.07, 6.45) is 2.24. The molecule has 0 aromatic heterocycles. The van der Waals surface area contributed by atoms with Crippen molar-refractivity contribution >= 4 is 41.2 Å². The Balaban J connectivity index is 1.66. The van der Waals surface area contributed by atoms with E-state index in [1.165, 1.54) is 16.7 Å². The van der Waals surface area contributed by atoms with Gasteiger partial charge in [0.25, 0.3) is 0 Å². The highest BCUT2D eigenvalue weighted by atomic mass is 32.2. The van der Waals surface area contributed by atoms with Gasteiger partial charge in [-0.25, -0.2) is 4.79 Å². The van der Waals surface area contributed by atoms with Crippen LogP contribution in [-0.4, -0.2) is 72.4 Å². The number of benzene rings is 2. The van der Waals surface area contributed by atoms with Crippen LogP contribution in [0.3, 0.4) is 0 Å². The second-order valence-electron chi connectivity index (χ2n) is 8.41. The van der Waals surface area contributed by atoms with E-state index in [0.29, 0.717) is 11.4 Å². The number of likely N-dealkylation sites (tertiary alicyclic amines) is 1. The second-order valence-corrected chi connectivity index (χ2v) is 9.27. The first-order valence-electron chi connectivity index (χ1n) is 11.4. The Morgan fingerprint density at radius 3 is 2.42 bits per heavy atom. The lowest BCUT2D eigenvalue weighted by molar-refractivity contribution is -0.137. The summed E-state index contributed by atoms with van der Waals surface area (Å²) in [6, 6.07) is 13.4. The van der Waals surface area contributed by atoms with E-state index in [0.717, 1.165) is 5.56 Å². The minimum Gasteiger partial charge on any atom is -0.497 e. The molecule has 1 saturated heterocycles. The number of methoxy groups -OCH3 is 1. The van der Waals surface area contributed by atoms with Crippen molar-refractivity contribution < 1.29 is 23.9 Å². The molecule has 2 aromatic rings. The van der Waals surface area contributed by atoms with E-state index in [1.807, 2.05) is 30.3 Å². The maximum atomic E-state index is 13.2. The minimum absolute atomic E-state index is 0.174. The van der Waals surface area contributed by atoms with Gasteiger partial charge in [0, 0.05) is 18.7 Å². The molecule has 10 nitrogen and oxygen atoms in total. The first-order valence-corrected chi connectivity index (χ1v) is 12.8. The van der Waals surface area contributed by atoms with Crippen LogP contribution in [0.2, 0.25) is 0 Å². The molecule has 3 rings (SSSR count). The maximum Gasteiger partial charge on any atom is 0.319 e. The molecule has 0 radical (unpaired) electrons. The van der Waals surface area contributed by atoms with Crippen LogP contribution in [-0.2, 0) is 20.8 Å². The molecular weight excluding hydrogens is 482 g/mol. The average molecular weight is 514 g/mol. The number of carbonyl (C=O) groups excluding carboxylic acids is 4. The molecule has 36 heavy (non-hydrogen) atoms. The Labute approximate surface area is 214 Å². The molecule has 0 aliphatic carbocycles. The lowest BCUT2D eigenvalue weighted by Gasteiger charge is -2.25. The van der Waals surface area contributed by atoms with Gasteiger partial charge in [-0.3, -0.25) is 14.4 Å². The van der Waals surface area contributed by atoms with Gasteiger partial charge in [0.1, 0.15) is 17.8 Å². The van der Waals surface area contributed by atoms with Crippen molar-refractivity contribution in [1.82, 2.24) is 15.5 Å². The second kappa shape index (κ2) is 12.8. The number of nitrogens with two attached hydrogens (primary N) is 1. The van der Waals surface area contributed by atoms with Gasteiger partial charge in [0.05, 0.1) is 18.9 Å². The first-order chi connectivity index (χ1) is 17.3. The maximum absolute atomic E-state index is 13.2. The smallest absolute Gasteiger partial charge is 0.319 e. The van der Waals surface area contributed by atoms with Crippen molar-refractivity contribution in [2.45, 2.75) is 31.0 Å². The van der Waals surface area contributed by atoms with Crippen LogP contribution < -0.4 is 26.4 Å². The number of ether oxygens (including phenoxy) is 1. The van der Waals surface area contributed by atoms with Gasteiger partial charge in [-0.15, -0.1) is 0 Å². The third kappa shape index (κ3) is 7.38. The van der Waals surface area contributed by atoms with Crippen LogP contribution in [0.15, 0.2) is 54.6 Å². The van der Waals surface area contributed by atoms with Crippen LogP contribution in [0, 0.1) is 0 Å². The van der Waals surface area contributed by atoms with Gasteiger partial charge in [-0.1, -0.05) is 30.3 Å². The number of rotatable bonds is 10. The summed E-state index contributed by atoms with van der Waals surface area (Å²) in [5, 5.41) is 8.27. The highest BCUT2D eigenvalue weighted by molar-refractivity contribution is 7.99. The molecule has 3 atom stereocenters. The molecule has 5 N–H and O–H groups in total. The molecule has 1 aliphatic heterocycles. The van der Waals surface area contributed by atoms with Crippen LogP contribution in [0.5, 0.6) is 5.75 Å². The van der Waals surface area contributed by atoms with Gasteiger partial charge in [0.15, 0.2) is 0 Å². The molecule has 1 heterocycles. The molecule has 2 aromatic carbocycles. The van der Waals surface area contributed by atoms with Gasteiger partial charge < -0.3 is 31.3 Å². The quantitative estimate of drug-likeness (QED) is 0.378. The molecular formula is C25H31N5O5S. The SMILES string of the molecule is COc1ccc(NC(=O)NC2CC(C(=O)NC(Cc3ccccc3)C(N)=O)N(C(=O)CSC)C2)cc1. The van der Waals surface area contributed by atoms with Gasteiger partial charge in [0.2, 0.25) is 17.7 Å². The fourth-order valence-corrected chi connectivity index (χ4v) is 4.45. The Morgan fingerprint density at radius 2 is 1.81 bits per heavy atom. The van der Waals surface area contributed by atoms with E-state index in [9.17, 15) is 19.2 Å². The van der Waals surface area contributed by atoms with Crippen molar-refractivity contribution in [2.75, 3.05) is 31.0 Å². The van der Waals surface area contributed by atoms with Crippen molar-refractivity contribution in [3.63, 3.8) is 0 Å². The number of carbonyl (C=O) groups is 4. The van der Waals surface area contributed by atoms with E-state index < -0.39 is 36.0 Å². The highest BCUT2D eigenvalue weighted by Crippen LogP contribution is 2.21. The number of primary amides is 1. The van der Waals surface area contributed by atoms with E-state index in [2.05, 4.69) is 16.0 Å². The van der Waals surface area contributed by atoms with Crippen LogP contribution in [0.25, 0.3) is 0 Å². The molecule has 0 saturated carbocycles. The topological polar surface area (TPSA) is 143 Å². The lowest BCUT2D eigenvalue weighted by atomic mass is 10.0. The van der Waals surface area contributed by atoms with Crippen molar-refractivity contribution in [3.8, 4) is 5.75 Å². The average Bonchev–Trinajstić information content (AvgIpc) is 3.28. The van der Waals surface area contributed by atoms with Gasteiger partial charge in [-0.2, -0.15) is 11.8 Å². The zero-order valence-electron chi connectivity index (χ0n) is 20.2. The van der Waals surface area contributed by atoms with Crippen molar-refractivity contribution in [1.29, 1.82) is 0 Å². The molecule has 5 amide bonds. The minimum atomic E-state index is -0.928. The Morgan fingerprint density at radius 1 is 1.11 bits per heavy atom. The Kier molecular flexibility index (Phi) is 9.57. The highest BCUT2D eigenvalue weighted by Gasteiger charge is 2.40. The fraction of sp³-hybridized carbons (Fsp3) is 0.360. The number of urea groups is 1. The standard InChI is InChI=1S/C25H31N5O5S/c1-35-19-10-8-17(9-11-19)27-25(34)28-18-13-21(30(14-18)22(31)15-36-2)24(33)29-20(23(26)32)12-16-6-4-3-5-7-16/h3-11,18,20-21H,12-15H2,1-2H3,(H2,26,32)(H,29,33)(H2,27,28,34). The predicted octanol–water partition coefficient (Wildman–Crippen LogP) is 1.36. The zero-order valence-corrected chi connectivity index (χ0v) is 21.0. The number of hydrogen-bond acceptors (Lipinski definition) is 6. The molecule has 0 bridgehead atoms. The van der Waals surface area contributed by atoms with Crippen LogP contribution in [0.1, 0.15) is 12.0 Å². The summed E-state index contributed by atoms with van der Waals surface area (Å²) in [5.74, 6) is -0.515. The summed E-state index contributed by atoms with van der Waals surface area (Å²) in [7, 11) is 1.55. The monoisotopic (exact) mass is 513 g/mol. The third-order valence-electron chi connectivity index (χ3n) is 5.82. The molecule has 0 spiro atoms. The number of amides is 5. The third-order valence-corrected chi connectivity index (χ3v) is 6.35. The molecule has 3 unspecified atom stereocenters. The van der Waals surface area contributed by atoms with Crippen molar-refractivity contribution in [2.24, 2.45) is 5.73 Å². The van der Waals surface area contributed by atoms with Crippen LogP contribution in [0.4, 0.5) is 10.5 Å². The summed E-state index contributed by atoms with van der Waals surface area (Å²) in [6.45, 7) is 0.174. The zero-order chi connectivity index (χ0) is 26.1. The van der Waals surface area contributed by atoms with E-state index in [1.54, 1.807) is 37.6 Å². The number of nitrogens with zero attached hydrogens (tertiary/aromatic N) is 1. The van der Waals surface area contributed by atoms with Crippen molar-refractivity contribution in [3.05, 3.63) is 60.2 Å². The van der Waals surface area contributed by atoms with Gasteiger partial charge >= 0.3 is 6.03 Å². The summed E-state index contributed by atoms with van der Waals surface area (Å²) in [5.41, 5.74) is 6.96. The normalized spacial score (nSPS) is 17.7. The molecule has 192 valence electrons. The molecule has 1 aliphatic rings. The number of hydrogen-bond donors (Lipinski definition) is 4. The van der Waals surface area contributed by atoms with E-state index in [4.69, 9.17) is 10.5 Å². The summed E-state index contributed by atoms with van der Waals surface area (Å²) < 4.78 is 5.11. The summed E-state index contributed by atoms with van der Waals surface area (Å²) >= 11 is 1.34. The Bertz CT molecular complexity index is 1070. The number of anilines is 1. The number of thioether (sulfide) groups is 1. The molecule has 1 fully saturated rings. The van der Waals surface area contributed by atoms with Gasteiger partial charge in [-0.05, 0) is 42.5 Å². The van der Waals surface area contributed by atoms with E-state index in [-0.39, 0.29) is 31.0 Å².